The summed E-state index contributed by atoms with van der Waals surface area (Å²) >= 11 is 0. The van der Waals surface area contributed by atoms with Crippen LogP contribution in [-0.2, 0) is 4.79 Å². The molecule has 2 saturated carbocycles. The highest BCUT2D eigenvalue weighted by Crippen LogP contribution is 2.54. The molecule has 0 saturated heterocycles. The maximum Gasteiger partial charge on any atom is 0.136 e. The van der Waals surface area contributed by atoms with Crippen LogP contribution in [0, 0.1) is 11.3 Å². The van der Waals surface area contributed by atoms with Crippen LogP contribution >= 0.6 is 0 Å². The summed E-state index contributed by atoms with van der Waals surface area (Å²) in [5.74, 6) is 0.798. The molecule has 0 aromatic heterocycles. The standard InChI is InChI=1S/C10H16O2/c1-7(11)10-4-2-3-8(10)5-9(12)6-10/h8-9,12H,2-6H2,1H3. The van der Waals surface area contributed by atoms with E-state index >= 15 is 0 Å². The molecule has 2 aliphatic rings. The lowest BCUT2D eigenvalue weighted by molar-refractivity contribution is -0.127. The molecule has 1 N–H and O–H groups in total. The summed E-state index contributed by atoms with van der Waals surface area (Å²) in [5.41, 5.74) is -0.112. The number of carbonyl (C=O) groups excluding carboxylic acids is 1. The zero-order valence-corrected chi connectivity index (χ0v) is 7.55. The van der Waals surface area contributed by atoms with E-state index in [0.717, 1.165) is 25.7 Å². The third-order valence-electron chi connectivity index (χ3n) is 3.81. The van der Waals surface area contributed by atoms with Crippen LogP contribution in [0.1, 0.15) is 39.0 Å². The van der Waals surface area contributed by atoms with E-state index in [0.29, 0.717) is 11.7 Å². The zero-order chi connectivity index (χ0) is 8.77. The molecule has 0 spiro atoms. The average Bonchev–Trinajstić information content (AvgIpc) is 2.42. The number of hydrogen-bond acceptors (Lipinski definition) is 2. The van der Waals surface area contributed by atoms with Gasteiger partial charge in [-0.25, -0.2) is 0 Å². The van der Waals surface area contributed by atoms with Crippen LogP contribution in [0.3, 0.4) is 0 Å². The normalized spacial score (nSPS) is 46.2. The molecular formula is C10H16O2. The van der Waals surface area contributed by atoms with Crippen LogP contribution in [0.4, 0.5) is 0 Å². The maximum absolute atomic E-state index is 11.5. The van der Waals surface area contributed by atoms with Crippen molar-refractivity contribution in [1.82, 2.24) is 0 Å². The molecule has 2 aliphatic carbocycles. The summed E-state index contributed by atoms with van der Waals surface area (Å²) in [4.78, 5) is 11.5. The fraction of sp³-hybridized carbons (Fsp3) is 0.900. The number of aliphatic hydroxyl groups is 1. The number of rotatable bonds is 1. The lowest BCUT2D eigenvalue weighted by Crippen LogP contribution is -2.28. The molecule has 68 valence electrons. The molecule has 0 aliphatic heterocycles. The average molecular weight is 168 g/mol. The molecule has 0 aromatic rings. The Morgan fingerprint density at radius 1 is 1.58 bits per heavy atom. The van der Waals surface area contributed by atoms with Crippen molar-refractivity contribution >= 4 is 5.78 Å². The minimum absolute atomic E-state index is 0.112. The highest BCUT2D eigenvalue weighted by Gasteiger charge is 2.52. The van der Waals surface area contributed by atoms with Gasteiger partial charge in [0.25, 0.3) is 0 Å². The highest BCUT2D eigenvalue weighted by atomic mass is 16.3. The molecule has 0 radical (unpaired) electrons. The van der Waals surface area contributed by atoms with Gasteiger partial charge in [-0.1, -0.05) is 6.42 Å². The summed E-state index contributed by atoms with van der Waals surface area (Å²) < 4.78 is 0. The van der Waals surface area contributed by atoms with Crippen molar-refractivity contribution in [2.24, 2.45) is 11.3 Å². The van der Waals surface area contributed by atoms with Crippen LogP contribution in [0.15, 0.2) is 0 Å². The SMILES string of the molecule is CC(=O)C12CCCC1CC(O)C2. The molecule has 0 heterocycles. The van der Waals surface area contributed by atoms with E-state index in [4.69, 9.17) is 0 Å². The molecule has 2 heteroatoms. The smallest absolute Gasteiger partial charge is 0.136 e. The second-order valence-corrected chi connectivity index (χ2v) is 4.40. The minimum atomic E-state index is -0.209. The highest BCUT2D eigenvalue weighted by molar-refractivity contribution is 5.83. The number of carbonyl (C=O) groups is 1. The van der Waals surface area contributed by atoms with Crippen molar-refractivity contribution in [3.63, 3.8) is 0 Å². The predicted molar refractivity (Wildman–Crippen MR) is 45.7 cm³/mol. The van der Waals surface area contributed by atoms with Gasteiger partial charge in [-0.05, 0) is 38.5 Å². The summed E-state index contributed by atoms with van der Waals surface area (Å²) in [6.45, 7) is 1.69. The Balaban J connectivity index is 2.26. The molecular weight excluding hydrogens is 152 g/mol. The summed E-state index contributed by atoms with van der Waals surface area (Å²) in [6, 6.07) is 0. The Kier molecular flexibility index (Phi) is 1.76. The van der Waals surface area contributed by atoms with E-state index < -0.39 is 0 Å². The van der Waals surface area contributed by atoms with E-state index in [1.54, 1.807) is 6.92 Å². The van der Waals surface area contributed by atoms with Gasteiger partial charge in [0.05, 0.1) is 6.10 Å². The van der Waals surface area contributed by atoms with Crippen molar-refractivity contribution in [3.05, 3.63) is 0 Å². The largest absolute Gasteiger partial charge is 0.393 e. The molecule has 0 aromatic carbocycles. The van der Waals surface area contributed by atoms with Crippen molar-refractivity contribution in [2.75, 3.05) is 0 Å². The molecule has 3 unspecified atom stereocenters. The first-order valence-electron chi connectivity index (χ1n) is 4.84. The van der Waals surface area contributed by atoms with Crippen LogP contribution in [-0.4, -0.2) is 17.0 Å². The van der Waals surface area contributed by atoms with Crippen LogP contribution in [0.2, 0.25) is 0 Å². The van der Waals surface area contributed by atoms with Crippen molar-refractivity contribution in [1.29, 1.82) is 0 Å². The number of ketones is 1. The Morgan fingerprint density at radius 2 is 2.33 bits per heavy atom. The molecule has 12 heavy (non-hydrogen) atoms. The fourth-order valence-electron chi connectivity index (χ4n) is 3.20. The monoisotopic (exact) mass is 168 g/mol. The Hall–Kier alpha value is -0.370. The van der Waals surface area contributed by atoms with E-state index in [2.05, 4.69) is 0 Å². The quantitative estimate of drug-likeness (QED) is 0.644. The second kappa shape index (κ2) is 2.56. The van der Waals surface area contributed by atoms with Gasteiger partial charge in [-0.3, -0.25) is 4.79 Å². The Bertz CT molecular complexity index is 212. The van der Waals surface area contributed by atoms with E-state index in [-0.39, 0.29) is 11.5 Å². The molecule has 2 rings (SSSR count). The number of Topliss-reactive ketones (excluding diaryl/α,β-unsaturated/α-hetero) is 1. The maximum atomic E-state index is 11.5. The van der Waals surface area contributed by atoms with Gasteiger partial charge >= 0.3 is 0 Å². The number of fused-ring (bicyclic) bond motifs is 1. The van der Waals surface area contributed by atoms with Gasteiger partial charge in [0.2, 0.25) is 0 Å². The van der Waals surface area contributed by atoms with E-state index in [1.165, 1.54) is 6.42 Å². The van der Waals surface area contributed by atoms with Crippen LogP contribution < -0.4 is 0 Å². The summed E-state index contributed by atoms with van der Waals surface area (Å²) in [5, 5.41) is 9.50. The first-order valence-corrected chi connectivity index (χ1v) is 4.84. The first kappa shape index (κ1) is 8.24. The Morgan fingerprint density at radius 3 is 2.92 bits per heavy atom. The third kappa shape index (κ3) is 0.939. The Labute approximate surface area is 73.0 Å². The van der Waals surface area contributed by atoms with Gasteiger partial charge < -0.3 is 5.11 Å². The number of hydrogen-bond donors (Lipinski definition) is 1. The molecule has 2 fully saturated rings. The molecule has 0 bridgehead atoms. The van der Waals surface area contributed by atoms with Gasteiger partial charge in [-0.15, -0.1) is 0 Å². The molecule has 0 amide bonds. The number of aliphatic hydroxyl groups excluding tert-OH is 1. The molecule has 3 atom stereocenters. The van der Waals surface area contributed by atoms with Crippen molar-refractivity contribution < 1.29 is 9.90 Å². The molecule has 2 nitrogen and oxygen atoms in total. The van der Waals surface area contributed by atoms with Crippen LogP contribution in [0.25, 0.3) is 0 Å². The van der Waals surface area contributed by atoms with Gasteiger partial charge in [0.1, 0.15) is 5.78 Å². The topological polar surface area (TPSA) is 37.3 Å². The summed E-state index contributed by atoms with van der Waals surface area (Å²) in [6.07, 6.45) is 4.73. The van der Waals surface area contributed by atoms with Gasteiger partial charge in [0.15, 0.2) is 0 Å². The van der Waals surface area contributed by atoms with E-state index in [1.807, 2.05) is 0 Å². The van der Waals surface area contributed by atoms with Crippen molar-refractivity contribution in [3.8, 4) is 0 Å². The third-order valence-corrected chi connectivity index (χ3v) is 3.81. The van der Waals surface area contributed by atoms with Crippen LogP contribution in [0.5, 0.6) is 0 Å². The fourth-order valence-corrected chi connectivity index (χ4v) is 3.20. The lowest BCUT2D eigenvalue weighted by Gasteiger charge is -2.25. The van der Waals surface area contributed by atoms with E-state index in [9.17, 15) is 9.90 Å². The first-order chi connectivity index (χ1) is 5.65. The second-order valence-electron chi connectivity index (χ2n) is 4.40. The zero-order valence-electron chi connectivity index (χ0n) is 7.55. The minimum Gasteiger partial charge on any atom is -0.393 e. The lowest BCUT2D eigenvalue weighted by atomic mass is 9.77. The van der Waals surface area contributed by atoms with Gasteiger partial charge in [-0.2, -0.15) is 0 Å². The van der Waals surface area contributed by atoms with Gasteiger partial charge in [0, 0.05) is 5.41 Å². The summed E-state index contributed by atoms with van der Waals surface area (Å²) in [7, 11) is 0. The predicted octanol–water partition coefficient (Wildman–Crippen LogP) is 1.52. The van der Waals surface area contributed by atoms with Crippen molar-refractivity contribution in [2.45, 2.75) is 45.1 Å².